The Bertz CT molecular complexity index is 751. The minimum absolute atomic E-state index is 0.181. The lowest BCUT2D eigenvalue weighted by Gasteiger charge is -2.06. The van der Waals surface area contributed by atoms with E-state index in [-0.39, 0.29) is 4.90 Å². The molecule has 2 rings (SSSR count). The van der Waals surface area contributed by atoms with Gasteiger partial charge in [0.2, 0.25) is 0 Å². The summed E-state index contributed by atoms with van der Waals surface area (Å²) >= 11 is 5.81. The summed E-state index contributed by atoms with van der Waals surface area (Å²) in [5, 5.41) is 4.55. The SMILES string of the molecule is C/C(=N/NS(=O)(=O)c1ccc(C)cc1)c1ccc(Cl)cc1. The minimum atomic E-state index is -3.65. The molecule has 0 atom stereocenters. The standard InChI is InChI=1S/C15H15ClN2O2S/c1-11-3-9-15(10-4-11)21(19,20)18-17-12(2)13-5-7-14(16)8-6-13/h3-10,18H,1-2H3/b17-12-. The van der Waals surface area contributed by atoms with Crippen molar-refractivity contribution in [2.24, 2.45) is 5.10 Å². The smallest absolute Gasteiger partial charge is 0.200 e. The van der Waals surface area contributed by atoms with E-state index < -0.39 is 10.0 Å². The Morgan fingerprint density at radius 1 is 1.05 bits per heavy atom. The van der Waals surface area contributed by atoms with Crippen LogP contribution < -0.4 is 4.83 Å². The third-order valence-electron chi connectivity index (χ3n) is 2.93. The van der Waals surface area contributed by atoms with E-state index in [0.717, 1.165) is 11.1 Å². The predicted molar refractivity (Wildman–Crippen MR) is 85.2 cm³/mol. The first kappa shape index (κ1) is 15.5. The van der Waals surface area contributed by atoms with Gasteiger partial charge in [-0.2, -0.15) is 18.4 Å². The molecule has 0 aliphatic carbocycles. The molecule has 0 radical (unpaired) electrons. The highest BCUT2D eigenvalue weighted by molar-refractivity contribution is 7.89. The zero-order valence-corrected chi connectivity index (χ0v) is 13.2. The topological polar surface area (TPSA) is 58.5 Å². The molecule has 0 fully saturated rings. The van der Waals surface area contributed by atoms with Crippen molar-refractivity contribution >= 4 is 27.3 Å². The van der Waals surface area contributed by atoms with Crippen LogP contribution >= 0.6 is 11.6 Å². The van der Waals surface area contributed by atoms with Crippen LogP contribution in [-0.4, -0.2) is 14.1 Å². The third-order valence-corrected chi connectivity index (χ3v) is 4.40. The molecule has 0 unspecified atom stereocenters. The average molecular weight is 323 g/mol. The number of aryl methyl sites for hydroxylation is 1. The quantitative estimate of drug-likeness (QED) is 0.693. The van der Waals surface area contributed by atoms with Gasteiger partial charge in [-0.25, -0.2) is 0 Å². The van der Waals surface area contributed by atoms with Crippen LogP contribution in [-0.2, 0) is 10.0 Å². The Labute approximate surface area is 129 Å². The summed E-state index contributed by atoms with van der Waals surface area (Å²) in [4.78, 5) is 2.42. The molecule has 21 heavy (non-hydrogen) atoms. The second kappa shape index (κ2) is 6.28. The van der Waals surface area contributed by atoms with Crippen LogP contribution in [0, 0.1) is 6.92 Å². The van der Waals surface area contributed by atoms with Gasteiger partial charge in [-0.3, -0.25) is 0 Å². The molecule has 0 saturated carbocycles. The van der Waals surface area contributed by atoms with Crippen LogP contribution in [0.1, 0.15) is 18.1 Å². The molecule has 110 valence electrons. The summed E-state index contributed by atoms with van der Waals surface area (Å²) in [6.07, 6.45) is 0. The van der Waals surface area contributed by atoms with E-state index in [2.05, 4.69) is 9.93 Å². The fourth-order valence-electron chi connectivity index (χ4n) is 1.65. The first-order valence-electron chi connectivity index (χ1n) is 6.27. The van der Waals surface area contributed by atoms with Crippen molar-refractivity contribution in [2.75, 3.05) is 0 Å². The molecule has 0 spiro atoms. The maximum Gasteiger partial charge on any atom is 0.276 e. The van der Waals surface area contributed by atoms with Crippen LogP contribution in [0.5, 0.6) is 0 Å². The van der Waals surface area contributed by atoms with Crippen molar-refractivity contribution in [3.8, 4) is 0 Å². The maximum absolute atomic E-state index is 12.1. The number of benzene rings is 2. The highest BCUT2D eigenvalue weighted by Crippen LogP contribution is 2.12. The van der Waals surface area contributed by atoms with E-state index in [4.69, 9.17) is 11.6 Å². The fraction of sp³-hybridized carbons (Fsp3) is 0.133. The van der Waals surface area contributed by atoms with Gasteiger partial charge in [0.25, 0.3) is 10.0 Å². The number of hydrogen-bond acceptors (Lipinski definition) is 3. The molecule has 0 amide bonds. The maximum atomic E-state index is 12.1. The van der Waals surface area contributed by atoms with Gasteiger partial charge in [-0.15, -0.1) is 0 Å². The molecule has 2 aromatic rings. The molecular weight excluding hydrogens is 308 g/mol. The van der Waals surface area contributed by atoms with E-state index in [1.807, 2.05) is 6.92 Å². The first-order valence-corrected chi connectivity index (χ1v) is 8.13. The van der Waals surface area contributed by atoms with Crippen molar-refractivity contribution in [1.29, 1.82) is 0 Å². The van der Waals surface area contributed by atoms with Gasteiger partial charge < -0.3 is 0 Å². The molecule has 4 nitrogen and oxygen atoms in total. The number of hydrogen-bond donors (Lipinski definition) is 1. The van der Waals surface area contributed by atoms with Crippen molar-refractivity contribution in [3.63, 3.8) is 0 Å². The van der Waals surface area contributed by atoms with Crippen LogP contribution in [0.4, 0.5) is 0 Å². The summed E-state index contributed by atoms with van der Waals surface area (Å²) < 4.78 is 24.2. The Morgan fingerprint density at radius 3 is 2.19 bits per heavy atom. The van der Waals surface area contributed by atoms with Gasteiger partial charge in [-0.1, -0.05) is 41.4 Å². The summed E-state index contributed by atoms with van der Waals surface area (Å²) in [7, 11) is -3.65. The van der Waals surface area contributed by atoms with E-state index in [1.54, 1.807) is 55.5 Å². The van der Waals surface area contributed by atoms with Gasteiger partial charge >= 0.3 is 0 Å². The molecule has 6 heteroatoms. The lowest BCUT2D eigenvalue weighted by Crippen LogP contribution is -2.19. The molecule has 1 N–H and O–H groups in total. The van der Waals surface area contributed by atoms with Gasteiger partial charge in [0.1, 0.15) is 0 Å². The summed E-state index contributed by atoms with van der Waals surface area (Å²) in [6, 6.07) is 13.6. The molecule has 0 heterocycles. The van der Waals surface area contributed by atoms with Gasteiger partial charge in [-0.05, 0) is 43.7 Å². The number of hydrazone groups is 1. The van der Waals surface area contributed by atoms with Crippen LogP contribution in [0.3, 0.4) is 0 Å². The summed E-state index contributed by atoms with van der Waals surface area (Å²) in [5.74, 6) is 0. The number of rotatable bonds is 4. The van der Waals surface area contributed by atoms with Crippen molar-refractivity contribution in [2.45, 2.75) is 18.7 Å². The van der Waals surface area contributed by atoms with E-state index >= 15 is 0 Å². The first-order chi connectivity index (χ1) is 9.88. The van der Waals surface area contributed by atoms with E-state index in [1.165, 1.54) is 0 Å². The zero-order valence-electron chi connectivity index (χ0n) is 11.7. The Morgan fingerprint density at radius 2 is 1.62 bits per heavy atom. The Kier molecular flexibility index (Phi) is 4.65. The number of nitrogens with one attached hydrogen (secondary N) is 1. The second-order valence-corrected chi connectivity index (χ2v) is 6.71. The van der Waals surface area contributed by atoms with Crippen molar-refractivity contribution in [1.82, 2.24) is 4.83 Å². The summed E-state index contributed by atoms with van der Waals surface area (Å²) in [6.45, 7) is 3.62. The lowest BCUT2D eigenvalue weighted by molar-refractivity contribution is 0.584. The number of halogens is 1. The normalized spacial score (nSPS) is 12.2. The zero-order chi connectivity index (χ0) is 15.5. The largest absolute Gasteiger partial charge is 0.276 e. The van der Waals surface area contributed by atoms with Gasteiger partial charge in [0.05, 0.1) is 10.6 Å². The van der Waals surface area contributed by atoms with Crippen LogP contribution in [0.25, 0.3) is 0 Å². The Hall–Kier alpha value is -1.85. The number of nitrogens with zero attached hydrogens (tertiary/aromatic N) is 1. The third kappa shape index (κ3) is 4.06. The van der Waals surface area contributed by atoms with Crippen LogP contribution in [0.15, 0.2) is 58.5 Å². The van der Waals surface area contributed by atoms with E-state index in [9.17, 15) is 8.42 Å². The Balaban J connectivity index is 2.18. The van der Waals surface area contributed by atoms with Gasteiger partial charge in [0.15, 0.2) is 0 Å². The lowest BCUT2D eigenvalue weighted by atomic mass is 10.1. The molecule has 0 aromatic heterocycles. The predicted octanol–water partition coefficient (Wildman–Crippen LogP) is 3.35. The molecule has 2 aromatic carbocycles. The average Bonchev–Trinajstić information content (AvgIpc) is 2.46. The van der Waals surface area contributed by atoms with Crippen molar-refractivity contribution in [3.05, 3.63) is 64.7 Å². The molecule has 0 saturated heterocycles. The monoisotopic (exact) mass is 322 g/mol. The molecule has 0 bridgehead atoms. The van der Waals surface area contributed by atoms with Crippen molar-refractivity contribution < 1.29 is 8.42 Å². The second-order valence-electron chi connectivity index (χ2n) is 4.61. The minimum Gasteiger partial charge on any atom is -0.200 e. The molecule has 0 aliphatic rings. The van der Waals surface area contributed by atoms with Crippen LogP contribution in [0.2, 0.25) is 5.02 Å². The fourth-order valence-corrected chi connectivity index (χ4v) is 2.64. The van der Waals surface area contributed by atoms with Gasteiger partial charge in [0, 0.05) is 5.02 Å². The summed E-state index contributed by atoms with van der Waals surface area (Å²) in [5.41, 5.74) is 2.35. The molecule has 0 aliphatic heterocycles. The number of sulfonamides is 1. The highest BCUT2D eigenvalue weighted by Gasteiger charge is 2.12. The molecular formula is C15H15ClN2O2S. The highest BCUT2D eigenvalue weighted by atomic mass is 35.5. The van der Waals surface area contributed by atoms with E-state index in [0.29, 0.717) is 10.7 Å².